The molecule has 0 unspecified atom stereocenters. The number of amides is 2. The fraction of sp³-hybridized carbons (Fsp3) is 0.375. The van der Waals surface area contributed by atoms with Gasteiger partial charge in [-0.3, -0.25) is 14.9 Å². The van der Waals surface area contributed by atoms with Gasteiger partial charge in [0.15, 0.2) is 11.5 Å². The van der Waals surface area contributed by atoms with Crippen LogP contribution in [-0.4, -0.2) is 60.6 Å². The molecule has 2 amide bonds. The lowest BCUT2D eigenvalue weighted by atomic mass is 9.71. The van der Waals surface area contributed by atoms with Crippen molar-refractivity contribution in [1.29, 1.82) is 0 Å². The van der Waals surface area contributed by atoms with Crippen LogP contribution < -0.4 is 19.5 Å². The number of fused-ring (bicyclic) bond motifs is 1. The monoisotopic (exact) mass is 729 g/mol. The van der Waals surface area contributed by atoms with Gasteiger partial charge in [-0.25, -0.2) is 4.79 Å². The first-order chi connectivity index (χ1) is 24.2. The predicted molar refractivity (Wildman–Crippen MR) is 204 cm³/mol. The molecule has 3 heterocycles. The lowest BCUT2D eigenvalue weighted by Crippen LogP contribution is -2.58. The first-order valence-electron chi connectivity index (χ1n) is 17.1. The molecule has 4 aromatic rings. The van der Waals surface area contributed by atoms with Gasteiger partial charge in [-0.15, -0.1) is 0 Å². The van der Waals surface area contributed by atoms with Crippen molar-refractivity contribution in [2.24, 2.45) is 4.99 Å². The number of amidine groups is 1. The van der Waals surface area contributed by atoms with E-state index in [0.717, 1.165) is 28.1 Å². The number of nitrogens with one attached hydrogen (secondary N) is 1. The molecule has 2 aliphatic heterocycles. The van der Waals surface area contributed by atoms with Crippen molar-refractivity contribution in [2.45, 2.75) is 64.6 Å². The van der Waals surface area contributed by atoms with Crippen molar-refractivity contribution >= 4 is 40.8 Å². The van der Waals surface area contributed by atoms with Crippen LogP contribution in [0.3, 0.4) is 0 Å². The van der Waals surface area contributed by atoms with Gasteiger partial charge in [0.05, 0.1) is 26.4 Å². The van der Waals surface area contributed by atoms with Crippen molar-refractivity contribution in [1.82, 2.24) is 14.8 Å². The van der Waals surface area contributed by atoms with Crippen molar-refractivity contribution in [2.75, 3.05) is 39.2 Å². The Labute approximate surface area is 310 Å². The maximum atomic E-state index is 15.5. The van der Waals surface area contributed by atoms with Gasteiger partial charge >= 0.3 is 6.03 Å². The number of rotatable bonds is 7. The highest BCUT2D eigenvalue weighted by Gasteiger charge is 2.60. The third kappa shape index (κ3) is 6.46. The Morgan fingerprint density at radius 3 is 2.10 bits per heavy atom. The number of carbonyl (C=O) groups is 1. The summed E-state index contributed by atoms with van der Waals surface area (Å²) < 4.78 is 17.5. The fourth-order valence-corrected chi connectivity index (χ4v) is 7.24. The lowest BCUT2D eigenvalue weighted by Gasteiger charge is -2.46. The second-order valence-corrected chi connectivity index (χ2v) is 15.0. The number of aliphatic imine (C=N–C) groups is 1. The maximum Gasteiger partial charge on any atom is 0.326 e. The molecule has 268 valence electrons. The highest BCUT2D eigenvalue weighted by molar-refractivity contribution is 6.30. The standard InChI is InChI=1S/C40H45Cl2N5O4/c1-9-51-32-22-35(38(2,3)4)44-23-30(32)36-45-39(5,26-10-14-28(41)15-11-26)40(6,27-12-16-29(42)17-13-27)47(36)37(48)46-19-18-43-31-21-34(50-8)33(49-7)20-25(31)24-46/h10-17,20-23,43H,9,18-19,24H2,1-8H3/t39-,40+/m0/s1. The number of methoxy groups -OCH3 is 2. The second-order valence-electron chi connectivity index (χ2n) is 14.2. The number of benzene rings is 3. The molecule has 9 nitrogen and oxygen atoms in total. The Hall–Kier alpha value is -4.47. The molecule has 51 heavy (non-hydrogen) atoms. The number of anilines is 1. The van der Waals surface area contributed by atoms with Gasteiger partial charge in [-0.1, -0.05) is 68.2 Å². The average Bonchev–Trinajstić information content (AvgIpc) is 3.21. The summed E-state index contributed by atoms with van der Waals surface area (Å²) in [5, 5.41) is 4.68. The van der Waals surface area contributed by atoms with Gasteiger partial charge in [0, 0.05) is 64.8 Å². The van der Waals surface area contributed by atoms with Gasteiger partial charge in [-0.2, -0.15) is 0 Å². The minimum Gasteiger partial charge on any atom is -0.493 e. The third-order valence-corrected chi connectivity index (χ3v) is 10.6. The molecule has 0 aliphatic carbocycles. The Bertz CT molecular complexity index is 1960. The van der Waals surface area contributed by atoms with Gasteiger partial charge in [0.1, 0.15) is 22.7 Å². The molecule has 11 heteroatoms. The molecule has 1 N–H and O–H groups in total. The van der Waals surface area contributed by atoms with Crippen LogP contribution >= 0.6 is 23.2 Å². The van der Waals surface area contributed by atoms with E-state index >= 15 is 4.79 Å². The van der Waals surface area contributed by atoms with E-state index < -0.39 is 11.1 Å². The molecule has 2 aliphatic rings. The van der Waals surface area contributed by atoms with E-state index in [1.54, 1.807) is 20.4 Å². The van der Waals surface area contributed by atoms with E-state index in [4.69, 9.17) is 47.4 Å². The smallest absolute Gasteiger partial charge is 0.326 e. The minimum absolute atomic E-state index is 0.226. The van der Waals surface area contributed by atoms with Crippen LogP contribution in [0.5, 0.6) is 17.2 Å². The molecule has 0 saturated heterocycles. The normalized spacial score (nSPS) is 20.2. The maximum absolute atomic E-state index is 15.5. The zero-order valence-electron chi connectivity index (χ0n) is 30.4. The highest BCUT2D eigenvalue weighted by atomic mass is 35.5. The first kappa shape index (κ1) is 36.3. The van der Waals surface area contributed by atoms with E-state index in [0.29, 0.717) is 64.9 Å². The number of aromatic nitrogens is 1. The number of pyridine rings is 1. The zero-order chi connectivity index (χ0) is 36.7. The van der Waals surface area contributed by atoms with Crippen LogP contribution in [0.1, 0.15) is 69.5 Å². The number of carbonyl (C=O) groups excluding carboxylic acids is 1. The topological polar surface area (TPSA) is 88.5 Å². The highest BCUT2D eigenvalue weighted by Crippen LogP contribution is 2.54. The summed E-state index contributed by atoms with van der Waals surface area (Å²) in [7, 11) is 3.22. The van der Waals surface area contributed by atoms with Gasteiger partial charge in [0.25, 0.3) is 0 Å². The van der Waals surface area contributed by atoms with E-state index in [2.05, 4.69) is 39.9 Å². The number of urea groups is 1. The van der Waals surface area contributed by atoms with Gasteiger partial charge in [-0.05, 0) is 67.8 Å². The molecule has 2 atom stereocenters. The Morgan fingerprint density at radius 1 is 0.902 bits per heavy atom. The van der Waals surface area contributed by atoms with Crippen molar-refractivity contribution in [3.63, 3.8) is 0 Å². The predicted octanol–water partition coefficient (Wildman–Crippen LogP) is 9.04. The molecule has 6 rings (SSSR count). The number of nitrogens with zero attached hydrogens (tertiary/aromatic N) is 4. The lowest BCUT2D eigenvalue weighted by molar-refractivity contribution is 0.107. The fourth-order valence-electron chi connectivity index (χ4n) is 6.99. The summed E-state index contributed by atoms with van der Waals surface area (Å²) in [6.45, 7) is 14.1. The summed E-state index contributed by atoms with van der Waals surface area (Å²) in [6, 6.07) is 20.9. The summed E-state index contributed by atoms with van der Waals surface area (Å²) in [5.74, 6) is 2.26. The summed E-state index contributed by atoms with van der Waals surface area (Å²) in [6.07, 6.45) is 1.79. The van der Waals surface area contributed by atoms with E-state index in [-0.39, 0.29) is 11.4 Å². The molecule has 0 saturated carbocycles. The van der Waals surface area contributed by atoms with Crippen LogP contribution in [0.25, 0.3) is 0 Å². The third-order valence-electron chi connectivity index (χ3n) is 10.1. The first-order valence-corrected chi connectivity index (χ1v) is 17.8. The average molecular weight is 731 g/mol. The number of ether oxygens (including phenoxy) is 3. The number of hydrogen-bond acceptors (Lipinski definition) is 7. The van der Waals surface area contributed by atoms with Crippen molar-refractivity contribution in [3.05, 3.63) is 111 Å². The molecular formula is C40H45Cl2N5O4. The molecular weight excluding hydrogens is 685 g/mol. The summed E-state index contributed by atoms with van der Waals surface area (Å²) in [4.78, 5) is 29.6. The van der Waals surface area contributed by atoms with Gasteiger partial charge in [0.2, 0.25) is 0 Å². The Morgan fingerprint density at radius 2 is 1.51 bits per heavy atom. The van der Waals surface area contributed by atoms with Crippen molar-refractivity contribution < 1.29 is 19.0 Å². The van der Waals surface area contributed by atoms with E-state index in [1.807, 2.05) is 83.5 Å². The largest absolute Gasteiger partial charge is 0.493 e. The SMILES string of the molecule is CCOc1cc(C(C)(C)C)ncc1C1=N[C@@](C)(c2ccc(Cl)cc2)[C@@](C)(c2ccc(Cl)cc2)N1C(=O)N1CCNc2cc(OC)c(OC)cc2C1. The summed E-state index contributed by atoms with van der Waals surface area (Å²) >= 11 is 12.9. The molecule has 0 fully saturated rings. The quantitative estimate of drug-likeness (QED) is 0.204. The number of halogens is 2. The molecule has 3 aromatic carbocycles. The van der Waals surface area contributed by atoms with Crippen LogP contribution in [0.2, 0.25) is 10.0 Å². The van der Waals surface area contributed by atoms with E-state index in [9.17, 15) is 0 Å². The van der Waals surface area contributed by atoms with Crippen LogP contribution in [0.4, 0.5) is 10.5 Å². The van der Waals surface area contributed by atoms with Crippen molar-refractivity contribution in [3.8, 4) is 17.2 Å². The minimum atomic E-state index is -1.07. The van der Waals surface area contributed by atoms with E-state index in [1.165, 1.54) is 0 Å². The Kier molecular flexibility index (Phi) is 9.92. The second kappa shape index (κ2) is 13.9. The summed E-state index contributed by atoms with van der Waals surface area (Å²) in [5.41, 5.74) is 2.71. The van der Waals surface area contributed by atoms with Crippen LogP contribution in [-0.2, 0) is 23.0 Å². The van der Waals surface area contributed by atoms with Crippen LogP contribution in [0, 0.1) is 0 Å². The van der Waals surface area contributed by atoms with Gasteiger partial charge < -0.3 is 24.4 Å². The molecule has 1 aromatic heterocycles. The number of hydrogen-bond donors (Lipinski definition) is 1. The zero-order valence-corrected chi connectivity index (χ0v) is 31.9. The van der Waals surface area contributed by atoms with Crippen LogP contribution in [0.15, 0.2) is 77.9 Å². The Balaban J connectivity index is 1.59. The molecule has 0 spiro atoms. The molecule has 0 bridgehead atoms. The molecule has 0 radical (unpaired) electrons.